The molecule has 0 atom stereocenters. The maximum absolute atomic E-state index is 2.71. The largest absolute Gasteiger partial charge is 0.377 e. The lowest BCUT2D eigenvalue weighted by Gasteiger charge is -2.51. The van der Waals surface area contributed by atoms with Gasteiger partial charge in [0.2, 0.25) is 0 Å². The summed E-state index contributed by atoms with van der Waals surface area (Å²) in [7, 11) is 0. The highest BCUT2D eigenvalue weighted by atomic mass is 32.1. The third-order valence-electron chi connectivity index (χ3n) is 10.0. The van der Waals surface area contributed by atoms with Gasteiger partial charge in [0.05, 0.1) is 5.69 Å². The molecule has 7 aromatic rings. The molecule has 196 valence electrons. The summed E-state index contributed by atoms with van der Waals surface area (Å²) < 4.78 is 2.78. The van der Waals surface area contributed by atoms with Crippen LogP contribution in [0.4, 0.5) is 28.4 Å². The smallest absolute Gasteiger partial charge is 0.329 e. The molecule has 2 nitrogen and oxygen atoms in total. The average molecular weight is 560 g/mol. The van der Waals surface area contributed by atoms with Crippen molar-refractivity contribution < 1.29 is 0 Å². The first-order chi connectivity index (χ1) is 21.4. The van der Waals surface area contributed by atoms with Crippen molar-refractivity contribution in [1.82, 2.24) is 0 Å². The molecule has 0 spiro atoms. The Morgan fingerprint density at radius 3 is 1.95 bits per heavy atom. The van der Waals surface area contributed by atoms with E-state index in [1.165, 1.54) is 87.4 Å². The highest BCUT2D eigenvalue weighted by Gasteiger charge is 2.52. The van der Waals surface area contributed by atoms with E-state index in [1.807, 2.05) is 11.3 Å². The summed E-state index contributed by atoms with van der Waals surface area (Å²) in [4.78, 5) is 5.25. The van der Waals surface area contributed by atoms with Crippen molar-refractivity contribution in [2.24, 2.45) is 0 Å². The number of hydrogen-bond donors (Lipinski definition) is 0. The van der Waals surface area contributed by atoms with Crippen molar-refractivity contribution in [2.45, 2.75) is 0 Å². The number of para-hydroxylation sites is 2. The minimum absolute atomic E-state index is 0.134. The van der Waals surface area contributed by atoms with E-state index in [0.717, 1.165) is 0 Å². The molecule has 43 heavy (non-hydrogen) atoms. The van der Waals surface area contributed by atoms with Gasteiger partial charge < -0.3 is 9.71 Å². The maximum Gasteiger partial charge on any atom is 0.329 e. The van der Waals surface area contributed by atoms with Crippen LogP contribution in [0.15, 0.2) is 133 Å². The molecule has 6 aromatic carbocycles. The first-order valence-electron chi connectivity index (χ1n) is 15.0. The molecular formula is C38H22B2N2S. The fourth-order valence-corrected chi connectivity index (χ4v) is 9.80. The molecule has 0 N–H and O–H groups in total. The van der Waals surface area contributed by atoms with Crippen LogP contribution in [0.2, 0.25) is 0 Å². The molecule has 0 fully saturated rings. The summed E-state index contributed by atoms with van der Waals surface area (Å²) >= 11 is 1.97. The summed E-state index contributed by atoms with van der Waals surface area (Å²) in [5.41, 5.74) is 17.6. The quantitative estimate of drug-likeness (QED) is 0.214. The van der Waals surface area contributed by atoms with E-state index in [1.54, 1.807) is 0 Å². The molecule has 0 aliphatic carbocycles. The van der Waals surface area contributed by atoms with Gasteiger partial charge in [0, 0.05) is 48.7 Å². The van der Waals surface area contributed by atoms with Crippen molar-refractivity contribution in [3.8, 4) is 22.3 Å². The van der Waals surface area contributed by atoms with Crippen LogP contribution in [0.25, 0.3) is 32.3 Å². The summed E-state index contributed by atoms with van der Waals surface area (Å²) in [6.07, 6.45) is 0. The summed E-state index contributed by atoms with van der Waals surface area (Å²) in [5, 5.41) is 1.33. The first kappa shape index (κ1) is 22.6. The number of benzene rings is 6. The van der Waals surface area contributed by atoms with Crippen LogP contribution >= 0.6 is 11.3 Å². The minimum Gasteiger partial charge on any atom is -0.377 e. The summed E-state index contributed by atoms with van der Waals surface area (Å²) in [6.45, 7) is 0.301. The predicted octanol–water partition coefficient (Wildman–Crippen LogP) is 6.42. The predicted molar refractivity (Wildman–Crippen MR) is 186 cm³/mol. The summed E-state index contributed by atoms with van der Waals surface area (Å²) in [5.74, 6) is 0. The molecule has 5 heteroatoms. The average Bonchev–Trinajstić information content (AvgIpc) is 3.46. The highest BCUT2D eigenvalue weighted by Crippen LogP contribution is 2.52. The van der Waals surface area contributed by atoms with Gasteiger partial charge in [0.15, 0.2) is 0 Å². The van der Waals surface area contributed by atoms with Gasteiger partial charge >= 0.3 is 6.85 Å². The zero-order valence-electron chi connectivity index (χ0n) is 23.2. The number of thiophene rings is 1. The second-order valence-electron chi connectivity index (χ2n) is 12.0. The number of anilines is 5. The zero-order valence-corrected chi connectivity index (χ0v) is 24.0. The van der Waals surface area contributed by atoms with Crippen LogP contribution < -0.4 is 36.3 Å². The Morgan fingerprint density at radius 2 is 1.14 bits per heavy atom. The Bertz CT molecular complexity index is 2340. The Kier molecular flexibility index (Phi) is 4.14. The number of hydrogen-bond acceptors (Lipinski definition) is 3. The SMILES string of the molecule is c1ccc(N2c3ccc4c5c3B(c3cccc6c3N5B(c3ccccc3-6)c3ccccc3-4)c3sc4ccccc4c32)cc1. The van der Waals surface area contributed by atoms with E-state index in [0.29, 0.717) is 0 Å². The van der Waals surface area contributed by atoms with Crippen LogP contribution in [-0.2, 0) is 0 Å². The van der Waals surface area contributed by atoms with Crippen molar-refractivity contribution in [3.05, 3.63) is 133 Å². The monoisotopic (exact) mass is 560 g/mol. The van der Waals surface area contributed by atoms with E-state index in [4.69, 9.17) is 0 Å². The Morgan fingerprint density at radius 1 is 0.488 bits per heavy atom. The highest BCUT2D eigenvalue weighted by molar-refractivity contribution is 7.34. The van der Waals surface area contributed by atoms with E-state index >= 15 is 0 Å². The Balaban J connectivity index is 1.35. The molecule has 1 aromatic heterocycles. The van der Waals surface area contributed by atoms with Gasteiger partial charge in [-0.25, -0.2) is 0 Å². The van der Waals surface area contributed by atoms with Crippen molar-refractivity contribution in [1.29, 1.82) is 0 Å². The lowest BCUT2D eigenvalue weighted by molar-refractivity contribution is 1.29. The molecule has 0 radical (unpaired) electrons. The van der Waals surface area contributed by atoms with Gasteiger partial charge in [0.1, 0.15) is 0 Å². The van der Waals surface area contributed by atoms with Crippen LogP contribution in [0.3, 0.4) is 0 Å². The number of nitrogens with zero attached hydrogens (tertiary/aromatic N) is 2. The maximum atomic E-state index is 2.71. The Labute approximate surface area is 254 Å². The fraction of sp³-hybridized carbons (Fsp3) is 0. The molecule has 4 aliphatic heterocycles. The van der Waals surface area contributed by atoms with Crippen LogP contribution in [-0.4, -0.2) is 13.6 Å². The fourth-order valence-electron chi connectivity index (χ4n) is 8.48. The van der Waals surface area contributed by atoms with Crippen LogP contribution in [0.5, 0.6) is 0 Å². The molecule has 5 heterocycles. The van der Waals surface area contributed by atoms with Gasteiger partial charge in [-0.1, -0.05) is 109 Å². The van der Waals surface area contributed by atoms with E-state index < -0.39 is 0 Å². The van der Waals surface area contributed by atoms with E-state index in [-0.39, 0.29) is 13.6 Å². The second-order valence-corrected chi connectivity index (χ2v) is 13.1. The van der Waals surface area contributed by atoms with Gasteiger partial charge in [-0.3, -0.25) is 0 Å². The van der Waals surface area contributed by atoms with Crippen LogP contribution in [0.1, 0.15) is 0 Å². The third-order valence-corrected chi connectivity index (χ3v) is 11.3. The molecule has 0 unspecified atom stereocenters. The summed E-state index contributed by atoms with van der Waals surface area (Å²) in [6, 6.07) is 49.9. The standard InChI is InChI=1S/C38H22B2N2S/c1-2-11-23(12-3-1)41-32-22-21-27-25-14-5-8-18-30(25)40-29-17-7-4-13-24(29)26-16-10-19-31-35(26)42(40)36(27)34(32)39(31)38-37(41)28-15-6-9-20-33(28)43-38/h1-22H. The lowest BCUT2D eigenvalue weighted by atomic mass is 9.32. The minimum atomic E-state index is 0.134. The second kappa shape index (κ2) is 7.89. The van der Waals surface area contributed by atoms with Gasteiger partial charge in [-0.2, -0.15) is 0 Å². The van der Waals surface area contributed by atoms with Crippen molar-refractivity contribution in [2.75, 3.05) is 9.71 Å². The molecule has 0 bridgehead atoms. The molecule has 0 saturated carbocycles. The van der Waals surface area contributed by atoms with Gasteiger partial charge in [-0.05, 0) is 57.2 Å². The zero-order chi connectivity index (χ0) is 27.8. The topological polar surface area (TPSA) is 6.48 Å². The first-order valence-corrected chi connectivity index (χ1v) is 15.8. The third kappa shape index (κ3) is 2.64. The Hall–Kier alpha value is -4.99. The number of fused-ring (bicyclic) bond motifs is 11. The molecule has 0 saturated heterocycles. The molecule has 4 aliphatic rings. The van der Waals surface area contributed by atoms with Gasteiger partial charge in [-0.15, -0.1) is 11.3 Å². The normalized spacial score (nSPS) is 14.3. The van der Waals surface area contributed by atoms with Crippen molar-refractivity contribution >= 4 is 90.0 Å². The van der Waals surface area contributed by atoms with Gasteiger partial charge in [0.25, 0.3) is 6.71 Å². The molecule has 11 rings (SSSR count). The number of rotatable bonds is 1. The van der Waals surface area contributed by atoms with Crippen molar-refractivity contribution in [3.63, 3.8) is 0 Å². The lowest BCUT2D eigenvalue weighted by Crippen LogP contribution is -2.68. The van der Waals surface area contributed by atoms with Crippen LogP contribution in [0, 0.1) is 0 Å². The van der Waals surface area contributed by atoms with E-state index in [2.05, 4.69) is 143 Å². The van der Waals surface area contributed by atoms with E-state index in [9.17, 15) is 0 Å². The molecular weight excluding hydrogens is 538 g/mol. The molecule has 0 amide bonds.